The molecule has 11 heavy (non-hydrogen) atoms. The maximum atomic E-state index is 10.7. The highest BCUT2D eigenvalue weighted by molar-refractivity contribution is 5.87. The maximum Gasteiger partial charge on any atom is 0.279 e. The third kappa shape index (κ3) is 1.16. The molecule has 64 valence electrons. The lowest BCUT2D eigenvalue weighted by molar-refractivity contribution is -0.344. The molecule has 0 spiro atoms. The zero-order chi connectivity index (χ0) is 8.70. The van der Waals surface area contributed by atoms with Crippen molar-refractivity contribution in [3.05, 3.63) is 0 Å². The van der Waals surface area contributed by atoms with E-state index in [0.717, 1.165) is 0 Å². The van der Waals surface area contributed by atoms with Gasteiger partial charge in [0.2, 0.25) is 5.79 Å². The number of aliphatic hydroxyl groups is 4. The minimum absolute atomic E-state index is 0.0319. The van der Waals surface area contributed by atoms with Crippen LogP contribution in [-0.4, -0.2) is 37.8 Å². The summed E-state index contributed by atoms with van der Waals surface area (Å²) >= 11 is 0. The number of rotatable bonds is 0. The van der Waals surface area contributed by atoms with Crippen LogP contribution in [0.15, 0.2) is 0 Å². The zero-order valence-electron chi connectivity index (χ0n) is 5.82. The number of carbonyl (C=O) groups is 1. The molecule has 0 aromatic heterocycles. The molecule has 5 nitrogen and oxygen atoms in total. The molecule has 5 heteroatoms. The van der Waals surface area contributed by atoms with Gasteiger partial charge >= 0.3 is 0 Å². The number of ketones is 1. The summed E-state index contributed by atoms with van der Waals surface area (Å²) in [5, 5.41) is 35.6. The first kappa shape index (κ1) is 8.61. The Labute approximate surface area is 62.9 Å². The van der Waals surface area contributed by atoms with Crippen molar-refractivity contribution in [2.75, 3.05) is 0 Å². The van der Waals surface area contributed by atoms with Crippen molar-refractivity contribution in [1.82, 2.24) is 0 Å². The Morgan fingerprint density at radius 1 is 1.18 bits per heavy atom. The lowest BCUT2D eigenvalue weighted by atomic mass is 9.87. The van der Waals surface area contributed by atoms with Crippen molar-refractivity contribution in [3.8, 4) is 0 Å². The van der Waals surface area contributed by atoms with E-state index in [-0.39, 0.29) is 19.3 Å². The van der Waals surface area contributed by atoms with Crippen molar-refractivity contribution in [2.45, 2.75) is 30.8 Å². The molecule has 0 bridgehead atoms. The van der Waals surface area contributed by atoms with Gasteiger partial charge in [-0.25, -0.2) is 0 Å². The average molecular weight is 162 g/mol. The van der Waals surface area contributed by atoms with E-state index in [1.54, 1.807) is 0 Å². The Morgan fingerprint density at radius 3 is 2.09 bits per heavy atom. The molecule has 1 rings (SSSR count). The van der Waals surface area contributed by atoms with Gasteiger partial charge in [0.25, 0.3) is 5.79 Å². The van der Waals surface area contributed by atoms with Crippen LogP contribution in [-0.2, 0) is 4.79 Å². The summed E-state index contributed by atoms with van der Waals surface area (Å²) in [6.45, 7) is 0. The van der Waals surface area contributed by atoms with Crippen LogP contribution < -0.4 is 0 Å². The van der Waals surface area contributed by atoms with Gasteiger partial charge in [0.15, 0.2) is 5.78 Å². The first-order valence-corrected chi connectivity index (χ1v) is 3.31. The van der Waals surface area contributed by atoms with E-state index in [1.165, 1.54) is 0 Å². The second-order valence-electron chi connectivity index (χ2n) is 2.77. The van der Waals surface area contributed by atoms with Crippen LogP contribution in [0.1, 0.15) is 19.3 Å². The first-order valence-electron chi connectivity index (χ1n) is 3.31. The number of hydrogen-bond donors (Lipinski definition) is 4. The van der Waals surface area contributed by atoms with Crippen molar-refractivity contribution in [2.24, 2.45) is 0 Å². The lowest BCUT2D eigenvalue weighted by Gasteiger charge is -2.36. The van der Waals surface area contributed by atoms with Crippen LogP contribution in [0.4, 0.5) is 0 Å². The Bertz CT molecular complexity index is 183. The molecule has 0 radical (unpaired) electrons. The zero-order valence-corrected chi connectivity index (χ0v) is 5.82. The first-order chi connectivity index (χ1) is 4.88. The molecule has 0 saturated heterocycles. The second-order valence-corrected chi connectivity index (χ2v) is 2.77. The summed E-state index contributed by atoms with van der Waals surface area (Å²) in [4.78, 5) is 10.7. The van der Waals surface area contributed by atoms with Crippen molar-refractivity contribution < 1.29 is 25.2 Å². The molecule has 1 saturated carbocycles. The molecule has 0 aromatic carbocycles. The van der Waals surface area contributed by atoms with Gasteiger partial charge in [-0.3, -0.25) is 4.79 Å². The van der Waals surface area contributed by atoms with E-state index in [1.807, 2.05) is 0 Å². The summed E-state index contributed by atoms with van der Waals surface area (Å²) in [5.74, 6) is -6.64. The third-order valence-electron chi connectivity index (χ3n) is 1.88. The van der Waals surface area contributed by atoms with Gasteiger partial charge < -0.3 is 20.4 Å². The maximum absolute atomic E-state index is 10.7. The van der Waals surface area contributed by atoms with Crippen LogP contribution in [0, 0.1) is 0 Å². The van der Waals surface area contributed by atoms with Gasteiger partial charge in [-0.2, -0.15) is 0 Å². The van der Waals surface area contributed by atoms with Crippen LogP contribution in [0.25, 0.3) is 0 Å². The predicted molar refractivity (Wildman–Crippen MR) is 33.2 cm³/mol. The fourth-order valence-electron chi connectivity index (χ4n) is 1.07. The Kier molecular flexibility index (Phi) is 1.76. The normalized spacial score (nSPS) is 28.5. The van der Waals surface area contributed by atoms with Crippen LogP contribution in [0.2, 0.25) is 0 Å². The third-order valence-corrected chi connectivity index (χ3v) is 1.88. The Hall–Kier alpha value is -0.490. The van der Waals surface area contributed by atoms with Crippen molar-refractivity contribution in [3.63, 3.8) is 0 Å². The molecular weight excluding hydrogens is 152 g/mol. The summed E-state index contributed by atoms with van der Waals surface area (Å²) in [5.41, 5.74) is 0. The van der Waals surface area contributed by atoms with Crippen molar-refractivity contribution >= 4 is 5.78 Å². The molecule has 1 aliphatic rings. The number of hydrogen-bond acceptors (Lipinski definition) is 5. The highest BCUT2D eigenvalue weighted by Gasteiger charge is 2.54. The number of carbonyl (C=O) groups excluding carboxylic acids is 1. The molecule has 4 N–H and O–H groups in total. The van der Waals surface area contributed by atoms with Crippen molar-refractivity contribution in [1.29, 1.82) is 0 Å². The SMILES string of the molecule is O=C1CCCC(O)(O)C1(O)O. The highest BCUT2D eigenvalue weighted by Crippen LogP contribution is 2.30. The van der Waals surface area contributed by atoms with Gasteiger partial charge in [-0.1, -0.05) is 0 Å². The summed E-state index contributed by atoms with van der Waals surface area (Å²) < 4.78 is 0. The predicted octanol–water partition coefficient (Wildman–Crippen LogP) is -1.90. The molecule has 1 fully saturated rings. The Morgan fingerprint density at radius 2 is 1.73 bits per heavy atom. The fourth-order valence-corrected chi connectivity index (χ4v) is 1.07. The lowest BCUT2D eigenvalue weighted by Crippen LogP contribution is -2.61. The van der Waals surface area contributed by atoms with Crippen LogP contribution in [0.3, 0.4) is 0 Å². The van der Waals surface area contributed by atoms with Gasteiger partial charge in [0.05, 0.1) is 0 Å². The summed E-state index contributed by atoms with van der Waals surface area (Å²) in [7, 11) is 0. The topological polar surface area (TPSA) is 98.0 Å². The summed E-state index contributed by atoms with van der Waals surface area (Å²) in [6, 6.07) is 0. The second kappa shape index (κ2) is 2.25. The monoisotopic (exact) mass is 162 g/mol. The average Bonchev–Trinajstić information content (AvgIpc) is 1.84. The minimum Gasteiger partial charge on any atom is -0.361 e. The standard InChI is InChI=1S/C6H10O5/c7-4-2-1-3-5(8,9)6(4,10)11/h8-11H,1-3H2. The summed E-state index contributed by atoms with van der Waals surface area (Å²) in [6.07, 6.45) is 0.0241. The van der Waals surface area contributed by atoms with E-state index >= 15 is 0 Å². The van der Waals surface area contributed by atoms with E-state index in [9.17, 15) is 4.79 Å². The van der Waals surface area contributed by atoms with E-state index in [2.05, 4.69) is 0 Å². The molecule has 0 atom stereocenters. The molecule has 0 heterocycles. The fraction of sp³-hybridized carbons (Fsp3) is 0.833. The smallest absolute Gasteiger partial charge is 0.279 e. The molecule has 0 amide bonds. The van der Waals surface area contributed by atoms with Gasteiger partial charge in [-0.05, 0) is 6.42 Å². The van der Waals surface area contributed by atoms with Gasteiger partial charge in [0.1, 0.15) is 0 Å². The van der Waals surface area contributed by atoms with E-state index < -0.39 is 17.4 Å². The highest BCUT2D eigenvalue weighted by atomic mass is 16.6. The van der Waals surface area contributed by atoms with E-state index in [0.29, 0.717) is 0 Å². The van der Waals surface area contributed by atoms with E-state index in [4.69, 9.17) is 20.4 Å². The molecule has 0 aliphatic heterocycles. The van der Waals surface area contributed by atoms with Crippen LogP contribution >= 0.6 is 0 Å². The molecule has 0 unspecified atom stereocenters. The van der Waals surface area contributed by atoms with Gasteiger partial charge in [-0.15, -0.1) is 0 Å². The largest absolute Gasteiger partial charge is 0.361 e. The quantitative estimate of drug-likeness (QED) is 0.312. The van der Waals surface area contributed by atoms with Crippen LogP contribution in [0.5, 0.6) is 0 Å². The van der Waals surface area contributed by atoms with Gasteiger partial charge in [0, 0.05) is 12.8 Å². The molecular formula is C6H10O5. The molecule has 1 aliphatic carbocycles. The number of Topliss-reactive ketones (excluding diaryl/α,β-unsaturated/α-hetero) is 1. The molecule has 0 aromatic rings. The Balaban J connectivity index is 2.91. The minimum atomic E-state index is -2.99.